The molecule has 0 spiro atoms. The summed E-state index contributed by atoms with van der Waals surface area (Å²) in [5.41, 5.74) is 1.37. The molecular formula is C15H22N2O2S. The fourth-order valence-electron chi connectivity index (χ4n) is 3.08. The molecule has 110 valence electrons. The van der Waals surface area contributed by atoms with Crippen molar-refractivity contribution < 1.29 is 9.53 Å². The van der Waals surface area contributed by atoms with Crippen LogP contribution in [0, 0.1) is 5.41 Å². The van der Waals surface area contributed by atoms with Crippen LogP contribution in [0.25, 0.3) is 0 Å². The Bertz CT molecular complexity index is 468. The van der Waals surface area contributed by atoms with Crippen LogP contribution in [0.5, 0.6) is 0 Å². The van der Waals surface area contributed by atoms with Crippen LogP contribution in [0.3, 0.4) is 0 Å². The number of hydrogen-bond donors (Lipinski definition) is 1. The number of amides is 1. The van der Waals surface area contributed by atoms with Gasteiger partial charge in [0.15, 0.2) is 0 Å². The van der Waals surface area contributed by atoms with Crippen LogP contribution in [0.1, 0.15) is 38.4 Å². The van der Waals surface area contributed by atoms with Crippen molar-refractivity contribution in [3.8, 4) is 0 Å². The van der Waals surface area contributed by atoms with E-state index in [0.717, 1.165) is 32.6 Å². The minimum absolute atomic E-state index is 0.0309. The number of thiophene rings is 1. The molecule has 1 aromatic heterocycles. The Labute approximate surface area is 124 Å². The van der Waals surface area contributed by atoms with Crippen LogP contribution < -0.4 is 5.32 Å². The second-order valence-corrected chi connectivity index (χ2v) is 7.02. The zero-order valence-electron chi connectivity index (χ0n) is 12.1. The third-order valence-corrected chi connectivity index (χ3v) is 5.19. The van der Waals surface area contributed by atoms with E-state index in [9.17, 15) is 4.79 Å². The second-order valence-electron chi connectivity index (χ2n) is 6.24. The number of ether oxygens (including phenoxy) is 1. The predicted octanol–water partition coefficient (Wildman–Crippen LogP) is 2.38. The summed E-state index contributed by atoms with van der Waals surface area (Å²) in [5, 5.41) is 7.61. The molecule has 2 unspecified atom stereocenters. The standard InChI is InChI=1S/C15H22N2O2S/c1-11-14(18)17(10-15(2)4-6-19-7-5-15)13(16-11)12-3-8-20-9-12/h3,8-9,11,13,16H,4-7,10H2,1-2H3. The van der Waals surface area contributed by atoms with E-state index in [1.54, 1.807) is 11.3 Å². The summed E-state index contributed by atoms with van der Waals surface area (Å²) in [6.07, 6.45) is 2.09. The molecule has 1 aromatic rings. The van der Waals surface area contributed by atoms with Crippen molar-refractivity contribution in [3.63, 3.8) is 0 Å². The first-order chi connectivity index (χ1) is 9.59. The van der Waals surface area contributed by atoms with E-state index in [2.05, 4.69) is 29.1 Å². The molecule has 2 saturated heterocycles. The summed E-state index contributed by atoms with van der Waals surface area (Å²) in [5.74, 6) is 0.217. The molecule has 0 saturated carbocycles. The molecule has 20 heavy (non-hydrogen) atoms. The topological polar surface area (TPSA) is 41.6 Å². The first-order valence-electron chi connectivity index (χ1n) is 7.25. The van der Waals surface area contributed by atoms with E-state index in [1.807, 2.05) is 11.8 Å². The van der Waals surface area contributed by atoms with Crippen LogP contribution >= 0.6 is 11.3 Å². The Hall–Kier alpha value is -0.910. The van der Waals surface area contributed by atoms with Gasteiger partial charge in [0.2, 0.25) is 5.91 Å². The Balaban J connectivity index is 1.79. The van der Waals surface area contributed by atoms with Crippen LogP contribution in [-0.2, 0) is 9.53 Å². The minimum atomic E-state index is -0.0941. The number of carbonyl (C=O) groups excluding carboxylic acids is 1. The summed E-state index contributed by atoms with van der Waals surface area (Å²) in [4.78, 5) is 14.5. The van der Waals surface area contributed by atoms with Crippen LogP contribution in [-0.4, -0.2) is 36.6 Å². The second kappa shape index (κ2) is 5.47. The molecule has 0 aliphatic carbocycles. The molecule has 0 aromatic carbocycles. The van der Waals surface area contributed by atoms with E-state index in [1.165, 1.54) is 5.56 Å². The van der Waals surface area contributed by atoms with Gasteiger partial charge in [-0.25, -0.2) is 0 Å². The average molecular weight is 294 g/mol. The SMILES string of the molecule is CC1NC(c2ccsc2)N(CC2(C)CCOCC2)C1=O. The van der Waals surface area contributed by atoms with Crippen molar-refractivity contribution in [2.45, 2.75) is 38.9 Å². The van der Waals surface area contributed by atoms with Gasteiger partial charge >= 0.3 is 0 Å². The van der Waals surface area contributed by atoms with Crippen molar-refractivity contribution in [2.75, 3.05) is 19.8 Å². The number of nitrogens with zero attached hydrogens (tertiary/aromatic N) is 1. The highest BCUT2D eigenvalue weighted by Crippen LogP contribution is 2.35. The quantitative estimate of drug-likeness (QED) is 0.930. The lowest BCUT2D eigenvalue weighted by atomic mass is 9.81. The van der Waals surface area contributed by atoms with Gasteiger partial charge in [-0.3, -0.25) is 10.1 Å². The van der Waals surface area contributed by atoms with Crippen molar-refractivity contribution >= 4 is 17.2 Å². The summed E-state index contributed by atoms with van der Waals surface area (Å²) < 4.78 is 5.46. The number of carbonyl (C=O) groups is 1. The summed E-state index contributed by atoms with van der Waals surface area (Å²) in [6.45, 7) is 6.66. The molecule has 2 atom stereocenters. The van der Waals surface area contributed by atoms with Gasteiger partial charge in [-0.15, -0.1) is 0 Å². The van der Waals surface area contributed by atoms with E-state index < -0.39 is 0 Å². The molecule has 2 aliphatic heterocycles. The van der Waals surface area contributed by atoms with E-state index in [0.29, 0.717) is 0 Å². The normalized spacial score (nSPS) is 29.9. The third kappa shape index (κ3) is 2.62. The highest BCUT2D eigenvalue weighted by atomic mass is 32.1. The molecular weight excluding hydrogens is 272 g/mol. The van der Waals surface area contributed by atoms with Crippen molar-refractivity contribution in [2.24, 2.45) is 5.41 Å². The Morgan fingerprint density at radius 3 is 2.90 bits per heavy atom. The summed E-state index contributed by atoms with van der Waals surface area (Å²) >= 11 is 1.68. The van der Waals surface area contributed by atoms with Crippen molar-refractivity contribution in [1.82, 2.24) is 10.2 Å². The maximum atomic E-state index is 12.5. The highest BCUT2D eigenvalue weighted by molar-refractivity contribution is 7.07. The molecule has 0 radical (unpaired) electrons. The fraction of sp³-hybridized carbons (Fsp3) is 0.667. The first kappa shape index (κ1) is 14.0. The summed E-state index contributed by atoms with van der Waals surface area (Å²) in [7, 11) is 0. The third-order valence-electron chi connectivity index (χ3n) is 4.48. The van der Waals surface area contributed by atoms with Gasteiger partial charge in [0, 0.05) is 19.8 Å². The number of nitrogens with one attached hydrogen (secondary N) is 1. The van der Waals surface area contributed by atoms with Crippen LogP contribution in [0.4, 0.5) is 0 Å². The Morgan fingerprint density at radius 1 is 1.50 bits per heavy atom. The molecule has 1 N–H and O–H groups in total. The molecule has 3 heterocycles. The molecule has 4 nitrogen and oxygen atoms in total. The van der Waals surface area contributed by atoms with Gasteiger partial charge in [-0.2, -0.15) is 11.3 Å². The lowest BCUT2D eigenvalue weighted by molar-refractivity contribution is -0.132. The van der Waals surface area contributed by atoms with E-state index in [-0.39, 0.29) is 23.5 Å². The minimum Gasteiger partial charge on any atom is -0.381 e. The van der Waals surface area contributed by atoms with E-state index in [4.69, 9.17) is 4.74 Å². The van der Waals surface area contributed by atoms with Gasteiger partial charge in [-0.1, -0.05) is 6.92 Å². The summed E-state index contributed by atoms with van der Waals surface area (Å²) in [6, 6.07) is 2.01. The molecule has 0 bridgehead atoms. The lowest BCUT2D eigenvalue weighted by Crippen LogP contribution is -2.42. The van der Waals surface area contributed by atoms with Gasteiger partial charge in [0.25, 0.3) is 0 Å². The maximum Gasteiger partial charge on any atom is 0.241 e. The predicted molar refractivity (Wildman–Crippen MR) is 79.5 cm³/mol. The number of rotatable bonds is 3. The smallest absolute Gasteiger partial charge is 0.241 e. The molecule has 1 amide bonds. The van der Waals surface area contributed by atoms with Crippen molar-refractivity contribution in [3.05, 3.63) is 22.4 Å². The largest absolute Gasteiger partial charge is 0.381 e. The van der Waals surface area contributed by atoms with Gasteiger partial charge in [-0.05, 0) is 47.6 Å². The van der Waals surface area contributed by atoms with Crippen molar-refractivity contribution in [1.29, 1.82) is 0 Å². The lowest BCUT2D eigenvalue weighted by Gasteiger charge is -2.38. The average Bonchev–Trinajstić information content (AvgIpc) is 3.03. The maximum absolute atomic E-state index is 12.5. The van der Waals surface area contributed by atoms with Crippen LogP contribution in [0.15, 0.2) is 16.8 Å². The molecule has 5 heteroatoms. The number of hydrogen-bond acceptors (Lipinski definition) is 4. The highest BCUT2D eigenvalue weighted by Gasteiger charge is 2.41. The zero-order valence-corrected chi connectivity index (χ0v) is 12.9. The first-order valence-corrected chi connectivity index (χ1v) is 8.20. The Kier molecular flexibility index (Phi) is 3.84. The van der Waals surface area contributed by atoms with Gasteiger partial charge in [0.05, 0.1) is 6.04 Å². The Morgan fingerprint density at radius 2 is 2.25 bits per heavy atom. The molecule has 3 rings (SSSR count). The zero-order chi connectivity index (χ0) is 14.2. The van der Waals surface area contributed by atoms with Gasteiger partial charge < -0.3 is 9.64 Å². The molecule has 2 aliphatic rings. The fourth-order valence-corrected chi connectivity index (χ4v) is 3.76. The monoisotopic (exact) mass is 294 g/mol. The van der Waals surface area contributed by atoms with E-state index >= 15 is 0 Å². The van der Waals surface area contributed by atoms with Crippen LogP contribution in [0.2, 0.25) is 0 Å². The van der Waals surface area contributed by atoms with Gasteiger partial charge in [0.1, 0.15) is 6.17 Å². The molecule has 2 fully saturated rings.